The van der Waals surface area contributed by atoms with Crippen LogP contribution in [0.25, 0.3) is 0 Å². The molecule has 2 aliphatic heterocycles. The number of benzene rings is 1. The molecule has 0 unspecified atom stereocenters. The summed E-state index contributed by atoms with van der Waals surface area (Å²) in [6, 6.07) is 6.22. The van der Waals surface area contributed by atoms with Crippen molar-refractivity contribution >= 4 is 5.91 Å². The van der Waals surface area contributed by atoms with Gasteiger partial charge in [0.1, 0.15) is 0 Å². The van der Waals surface area contributed by atoms with Gasteiger partial charge in [-0.3, -0.25) is 4.79 Å². The molecule has 0 aromatic heterocycles. The van der Waals surface area contributed by atoms with Crippen molar-refractivity contribution in [2.45, 2.75) is 32.7 Å². The fraction of sp³-hybridized carbons (Fsp3) is 0.562. The number of nitrogens with zero attached hydrogens (tertiary/aromatic N) is 1. The Kier molecular flexibility index (Phi) is 3.56. The monoisotopic (exact) mass is 258 g/mol. The molecule has 0 atom stereocenters. The number of hydrogen-bond acceptors (Lipinski definition) is 2. The molecule has 0 saturated carbocycles. The van der Waals surface area contributed by atoms with Crippen molar-refractivity contribution in [1.29, 1.82) is 0 Å². The average molecular weight is 258 g/mol. The zero-order valence-corrected chi connectivity index (χ0v) is 11.6. The largest absolute Gasteiger partial charge is 0.339 e. The zero-order valence-electron chi connectivity index (χ0n) is 11.6. The third-order valence-electron chi connectivity index (χ3n) is 4.41. The third kappa shape index (κ3) is 2.66. The van der Waals surface area contributed by atoms with E-state index in [0.717, 1.165) is 56.9 Å². The quantitative estimate of drug-likeness (QED) is 0.837. The average Bonchev–Trinajstić information content (AvgIpc) is 2.47. The van der Waals surface area contributed by atoms with Gasteiger partial charge < -0.3 is 10.2 Å². The van der Waals surface area contributed by atoms with E-state index in [1.165, 1.54) is 11.1 Å². The van der Waals surface area contributed by atoms with E-state index in [-0.39, 0.29) is 5.91 Å². The molecule has 3 heteroatoms. The van der Waals surface area contributed by atoms with Gasteiger partial charge in [0.05, 0.1) is 0 Å². The Morgan fingerprint density at radius 2 is 2.05 bits per heavy atom. The highest BCUT2D eigenvalue weighted by molar-refractivity contribution is 5.94. The first-order valence-corrected chi connectivity index (χ1v) is 7.36. The third-order valence-corrected chi connectivity index (χ3v) is 4.41. The second kappa shape index (κ2) is 5.33. The van der Waals surface area contributed by atoms with E-state index in [2.05, 4.69) is 24.4 Å². The number of amides is 1. The molecule has 0 aliphatic carbocycles. The predicted octanol–water partition coefficient (Wildman–Crippen LogP) is 2.20. The first-order valence-electron chi connectivity index (χ1n) is 7.36. The van der Waals surface area contributed by atoms with Gasteiger partial charge in [-0.2, -0.15) is 0 Å². The van der Waals surface area contributed by atoms with Crippen LogP contribution in [0.4, 0.5) is 0 Å². The summed E-state index contributed by atoms with van der Waals surface area (Å²) < 4.78 is 0. The highest BCUT2D eigenvalue weighted by Gasteiger charge is 2.22. The number of hydrogen-bond donors (Lipinski definition) is 1. The predicted molar refractivity (Wildman–Crippen MR) is 76.2 cm³/mol. The maximum atomic E-state index is 12.5. The maximum absolute atomic E-state index is 12.5. The summed E-state index contributed by atoms with van der Waals surface area (Å²) >= 11 is 0. The lowest BCUT2D eigenvalue weighted by atomic mass is 9.96. The number of nitrogens with one attached hydrogen (secondary N) is 1. The van der Waals surface area contributed by atoms with Crippen molar-refractivity contribution in [1.82, 2.24) is 10.2 Å². The summed E-state index contributed by atoms with van der Waals surface area (Å²) in [6.07, 6.45) is 3.35. The van der Waals surface area contributed by atoms with E-state index in [9.17, 15) is 4.79 Å². The van der Waals surface area contributed by atoms with Gasteiger partial charge in [-0.25, -0.2) is 0 Å². The smallest absolute Gasteiger partial charge is 0.253 e. The maximum Gasteiger partial charge on any atom is 0.253 e. The van der Waals surface area contributed by atoms with Gasteiger partial charge >= 0.3 is 0 Å². The molecule has 1 saturated heterocycles. The number of likely N-dealkylation sites (tertiary alicyclic amines) is 1. The van der Waals surface area contributed by atoms with Crippen LogP contribution in [0.3, 0.4) is 0 Å². The second-order valence-corrected chi connectivity index (χ2v) is 5.88. The van der Waals surface area contributed by atoms with Gasteiger partial charge in [-0.1, -0.05) is 13.0 Å². The Bertz CT molecular complexity index is 476. The minimum atomic E-state index is 0.209. The molecule has 1 aromatic rings. The number of carbonyl (C=O) groups is 1. The van der Waals surface area contributed by atoms with Gasteiger partial charge in [-0.15, -0.1) is 0 Å². The fourth-order valence-electron chi connectivity index (χ4n) is 3.01. The summed E-state index contributed by atoms with van der Waals surface area (Å²) in [7, 11) is 0. The van der Waals surface area contributed by atoms with Gasteiger partial charge in [0.2, 0.25) is 0 Å². The molecule has 102 valence electrons. The Morgan fingerprint density at radius 1 is 1.26 bits per heavy atom. The molecule has 3 nitrogen and oxygen atoms in total. The SMILES string of the molecule is CC1CCN(C(=O)c2ccc3c(c2)CNCC3)CC1. The first-order chi connectivity index (χ1) is 9.24. The van der Waals surface area contributed by atoms with Crippen molar-refractivity contribution in [2.24, 2.45) is 5.92 Å². The normalized spacial score (nSPS) is 20.2. The van der Waals surface area contributed by atoms with Crippen LogP contribution < -0.4 is 5.32 Å². The van der Waals surface area contributed by atoms with Crippen LogP contribution in [0.2, 0.25) is 0 Å². The zero-order chi connectivity index (χ0) is 13.2. The van der Waals surface area contributed by atoms with Crippen LogP contribution >= 0.6 is 0 Å². The molecular weight excluding hydrogens is 236 g/mol. The molecular formula is C16H22N2O. The lowest BCUT2D eigenvalue weighted by Gasteiger charge is -2.30. The summed E-state index contributed by atoms with van der Waals surface area (Å²) in [6.45, 7) is 6.04. The highest BCUT2D eigenvalue weighted by atomic mass is 16.2. The fourth-order valence-corrected chi connectivity index (χ4v) is 3.01. The molecule has 0 radical (unpaired) electrons. The standard InChI is InChI=1S/C16H22N2O/c1-12-5-8-18(9-6-12)16(19)14-3-2-13-4-7-17-11-15(13)10-14/h2-3,10,12,17H,4-9,11H2,1H3. The molecule has 1 fully saturated rings. The minimum absolute atomic E-state index is 0.209. The van der Waals surface area contributed by atoms with E-state index >= 15 is 0 Å². The summed E-state index contributed by atoms with van der Waals surface area (Å²) in [5.41, 5.74) is 3.54. The first kappa shape index (κ1) is 12.7. The van der Waals surface area contributed by atoms with E-state index in [0.29, 0.717) is 0 Å². The highest BCUT2D eigenvalue weighted by Crippen LogP contribution is 2.20. The molecule has 2 aliphatic rings. The van der Waals surface area contributed by atoms with Gasteiger partial charge in [0, 0.05) is 25.2 Å². The summed E-state index contributed by atoms with van der Waals surface area (Å²) in [5, 5.41) is 3.37. The van der Waals surface area contributed by atoms with Crippen LogP contribution in [0.5, 0.6) is 0 Å². The molecule has 0 bridgehead atoms. The number of piperidine rings is 1. The molecule has 3 rings (SSSR count). The van der Waals surface area contributed by atoms with Gasteiger partial charge in [0.25, 0.3) is 5.91 Å². The Hall–Kier alpha value is -1.35. The van der Waals surface area contributed by atoms with Crippen molar-refractivity contribution in [3.8, 4) is 0 Å². The lowest BCUT2D eigenvalue weighted by molar-refractivity contribution is 0.0697. The van der Waals surface area contributed by atoms with Crippen LogP contribution in [0, 0.1) is 5.92 Å². The van der Waals surface area contributed by atoms with Crippen molar-refractivity contribution in [2.75, 3.05) is 19.6 Å². The van der Waals surface area contributed by atoms with Crippen molar-refractivity contribution in [3.63, 3.8) is 0 Å². The summed E-state index contributed by atoms with van der Waals surface area (Å²) in [5.74, 6) is 0.969. The number of rotatable bonds is 1. The Morgan fingerprint density at radius 3 is 2.84 bits per heavy atom. The van der Waals surface area contributed by atoms with Gasteiger partial charge in [0.15, 0.2) is 0 Å². The Balaban J connectivity index is 1.76. The number of fused-ring (bicyclic) bond motifs is 1. The topological polar surface area (TPSA) is 32.3 Å². The van der Waals surface area contributed by atoms with Crippen molar-refractivity contribution < 1.29 is 4.79 Å². The Labute approximate surface area is 115 Å². The molecule has 1 aromatic carbocycles. The van der Waals surface area contributed by atoms with E-state index in [4.69, 9.17) is 0 Å². The van der Waals surface area contributed by atoms with Crippen LogP contribution in [-0.4, -0.2) is 30.4 Å². The lowest BCUT2D eigenvalue weighted by Crippen LogP contribution is -2.38. The van der Waals surface area contributed by atoms with E-state index in [1.54, 1.807) is 0 Å². The van der Waals surface area contributed by atoms with Crippen LogP contribution in [0.1, 0.15) is 41.3 Å². The van der Waals surface area contributed by atoms with E-state index in [1.807, 2.05) is 11.0 Å². The van der Waals surface area contributed by atoms with Crippen molar-refractivity contribution in [3.05, 3.63) is 34.9 Å². The molecule has 1 N–H and O–H groups in total. The summed E-state index contributed by atoms with van der Waals surface area (Å²) in [4.78, 5) is 14.5. The van der Waals surface area contributed by atoms with Gasteiger partial charge in [-0.05, 0) is 55.0 Å². The molecule has 19 heavy (non-hydrogen) atoms. The van der Waals surface area contributed by atoms with E-state index < -0.39 is 0 Å². The molecule has 2 heterocycles. The van der Waals surface area contributed by atoms with Crippen LogP contribution in [-0.2, 0) is 13.0 Å². The number of carbonyl (C=O) groups excluding carboxylic acids is 1. The minimum Gasteiger partial charge on any atom is -0.339 e. The van der Waals surface area contributed by atoms with Crippen LogP contribution in [0.15, 0.2) is 18.2 Å². The molecule has 0 spiro atoms. The molecule has 1 amide bonds. The second-order valence-electron chi connectivity index (χ2n) is 5.88.